The number of rotatable bonds is 5. The first-order valence-electron chi connectivity index (χ1n) is 7.19. The van der Waals surface area contributed by atoms with Crippen molar-refractivity contribution in [1.82, 2.24) is 0 Å². The lowest BCUT2D eigenvalue weighted by Gasteiger charge is -2.14. The Hall–Kier alpha value is -2.98. The summed E-state index contributed by atoms with van der Waals surface area (Å²) in [5.74, 6) is 1.82. The van der Waals surface area contributed by atoms with Crippen LogP contribution in [0.1, 0.15) is 5.56 Å². The van der Waals surface area contributed by atoms with E-state index >= 15 is 0 Å². The second-order valence-electron chi connectivity index (χ2n) is 4.92. The lowest BCUT2D eigenvalue weighted by Crippen LogP contribution is -1.94. The smallest absolute Gasteiger partial charge is 0.169 e. The number of ether oxygens (including phenoxy) is 2. The first kappa shape index (κ1) is 14.9. The van der Waals surface area contributed by atoms with Gasteiger partial charge in [0.25, 0.3) is 0 Å². The first-order valence-corrected chi connectivity index (χ1v) is 7.19. The maximum atomic E-state index is 10.2. The van der Waals surface area contributed by atoms with Crippen molar-refractivity contribution in [3.63, 3.8) is 0 Å². The Morgan fingerprint density at radius 2 is 1.22 bits per heavy atom. The Labute approximate surface area is 134 Å². The summed E-state index contributed by atoms with van der Waals surface area (Å²) < 4.78 is 11.4. The van der Waals surface area contributed by atoms with Crippen LogP contribution in [0.3, 0.4) is 0 Å². The molecule has 116 valence electrons. The molecular weight excluding hydrogens is 292 g/mol. The van der Waals surface area contributed by atoms with Gasteiger partial charge in [-0.2, -0.15) is 0 Å². The Morgan fingerprint density at radius 3 is 1.74 bits per heavy atom. The maximum Gasteiger partial charge on any atom is 0.169 e. The van der Waals surface area contributed by atoms with Gasteiger partial charge in [-0.3, -0.25) is 0 Å². The summed E-state index contributed by atoms with van der Waals surface area (Å²) in [6.45, 7) is -0.229. The molecule has 0 saturated carbocycles. The molecule has 0 aliphatic carbocycles. The predicted octanol–water partition coefficient (Wildman–Crippen LogP) is 4.47. The van der Waals surface area contributed by atoms with Gasteiger partial charge in [0, 0.05) is 11.6 Å². The fourth-order valence-corrected chi connectivity index (χ4v) is 2.12. The van der Waals surface area contributed by atoms with E-state index in [1.807, 2.05) is 36.4 Å². The van der Waals surface area contributed by atoms with Crippen molar-refractivity contribution in [3.05, 3.63) is 78.4 Å². The molecule has 0 unspecified atom stereocenters. The van der Waals surface area contributed by atoms with Crippen molar-refractivity contribution in [2.75, 3.05) is 0 Å². The zero-order valence-electron chi connectivity index (χ0n) is 12.3. The molecule has 0 radical (unpaired) electrons. The van der Waals surface area contributed by atoms with Crippen LogP contribution in [0.15, 0.2) is 72.8 Å². The van der Waals surface area contributed by atoms with Gasteiger partial charge >= 0.3 is 0 Å². The zero-order valence-corrected chi connectivity index (χ0v) is 12.3. The average molecular weight is 308 g/mol. The van der Waals surface area contributed by atoms with Crippen LogP contribution >= 0.6 is 0 Å². The average Bonchev–Trinajstić information content (AvgIpc) is 2.59. The minimum atomic E-state index is -0.229. The van der Waals surface area contributed by atoms with Crippen molar-refractivity contribution < 1.29 is 19.7 Å². The van der Waals surface area contributed by atoms with Crippen LogP contribution in [-0.2, 0) is 6.61 Å². The highest BCUT2D eigenvalue weighted by Gasteiger charge is 2.12. The number of hydrogen-bond donors (Lipinski definition) is 2. The molecule has 0 aromatic heterocycles. The number of hydrogen-bond acceptors (Lipinski definition) is 4. The summed E-state index contributed by atoms with van der Waals surface area (Å²) >= 11 is 0. The highest BCUT2D eigenvalue weighted by molar-refractivity contribution is 5.52. The summed E-state index contributed by atoms with van der Waals surface area (Å²) in [4.78, 5) is 0. The van der Waals surface area contributed by atoms with E-state index in [1.165, 1.54) is 6.07 Å². The minimum Gasteiger partial charge on any atom is -0.504 e. The monoisotopic (exact) mass is 308 g/mol. The standard InChI is InChI=1S/C19H16O4/c20-13-14-11-19(23-16-9-5-2-6-10-16)17(21)12-18(14)22-15-7-3-1-4-8-15/h1-12,20-21H,13H2. The third kappa shape index (κ3) is 3.62. The number of aromatic hydroxyl groups is 1. The van der Waals surface area contributed by atoms with E-state index < -0.39 is 0 Å². The molecule has 4 nitrogen and oxygen atoms in total. The number of para-hydroxylation sites is 2. The quantitative estimate of drug-likeness (QED) is 0.730. The summed E-state index contributed by atoms with van der Waals surface area (Å²) in [6, 6.07) is 21.3. The fraction of sp³-hybridized carbons (Fsp3) is 0.0526. The number of benzene rings is 3. The van der Waals surface area contributed by atoms with Gasteiger partial charge in [0.15, 0.2) is 11.5 Å². The molecular formula is C19H16O4. The second-order valence-corrected chi connectivity index (χ2v) is 4.92. The Balaban J connectivity index is 1.89. The Kier molecular flexibility index (Phi) is 4.45. The SMILES string of the molecule is OCc1cc(Oc2ccccc2)c(O)cc1Oc1ccccc1. The topological polar surface area (TPSA) is 58.9 Å². The highest BCUT2D eigenvalue weighted by atomic mass is 16.5. The zero-order chi connectivity index (χ0) is 16.1. The van der Waals surface area contributed by atoms with Crippen LogP contribution in [0.25, 0.3) is 0 Å². The third-order valence-corrected chi connectivity index (χ3v) is 3.25. The number of aliphatic hydroxyl groups excluding tert-OH is 1. The van der Waals surface area contributed by atoms with Crippen molar-refractivity contribution in [3.8, 4) is 28.7 Å². The van der Waals surface area contributed by atoms with Gasteiger partial charge in [-0.15, -0.1) is 0 Å². The van der Waals surface area contributed by atoms with Gasteiger partial charge in [-0.05, 0) is 30.3 Å². The summed E-state index contributed by atoms with van der Waals surface area (Å²) in [6.07, 6.45) is 0. The van der Waals surface area contributed by atoms with Crippen LogP contribution in [0, 0.1) is 0 Å². The van der Waals surface area contributed by atoms with Crippen molar-refractivity contribution in [2.24, 2.45) is 0 Å². The van der Waals surface area contributed by atoms with E-state index in [4.69, 9.17) is 9.47 Å². The third-order valence-electron chi connectivity index (χ3n) is 3.25. The molecule has 23 heavy (non-hydrogen) atoms. The van der Waals surface area contributed by atoms with Gasteiger partial charge in [0.05, 0.1) is 6.61 Å². The molecule has 0 aliphatic heterocycles. The van der Waals surface area contributed by atoms with Crippen molar-refractivity contribution in [2.45, 2.75) is 6.61 Å². The van der Waals surface area contributed by atoms with E-state index in [0.717, 1.165) is 0 Å². The summed E-state index contributed by atoms with van der Waals surface area (Å²) in [7, 11) is 0. The highest BCUT2D eigenvalue weighted by Crippen LogP contribution is 2.38. The van der Waals surface area contributed by atoms with E-state index in [9.17, 15) is 10.2 Å². The lowest BCUT2D eigenvalue weighted by molar-refractivity contribution is 0.275. The van der Waals surface area contributed by atoms with E-state index in [0.29, 0.717) is 22.8 Å². The van der Waals surface area contributed by atoms with Crippen LogP contribution in [0.2, 0.25) is 0 Å². The fourth-order valence-electron chi connectivity index (χ4n) is 2.12. The van der Waals surface area contributed by atoms with Crippen LogP contribution in [-0.4, -0.2) is 10.2 Å². The molecule has 0 atom stereocenters. The Morgan fingerprint density at radius 1 is 0.696 bits per heavy atom. The molecule has 0 saturated heterocycles. The molecule has 2 N–H and O–H groups in total. The van der Waals surface area contributed by atoms with E-state index in [2.05, 4.69) is 0 Å². The Bertz CT molecular complexity index is 770. The molecule has 3 aromatic carbocycles. The van der Waals surface area contributed by atoms with Gasteiger partial charge in [0.1, 0.15) is 17.2 Å². The molecule has 0 heterocycles. The van der Waals surface area contributed by atoms with Gasteiger partial charge in [-0.1, -0.05) is 36.4 Å². The first-order chi connectivity index (χ1) is 11.3. The molecule has 0 spiro atoms. The van der Waals surface area contributed by atoms with Gasteiger partial charge < -0.3 is 19.7 Å². The van der Waals surface area contributed by atoms with Gasteiger partial charge in [-0.25, -0.2) is 0 Å². The second kappa shape index (κ2) is 6.85. The van der Waals surface area contributed by atoms with Gasteiger partial charge in [0.2, 0.25) is 0 Å². The van der Waals surface area contributed by atoms with Crippen LogP contribution in [0.5, 0.6) is 28.7 Å². The van der Waals surface area contributed by atoms with Crippen LogP contribution in [0.4, 0.5) is 0 Å². The normalized spacial score (nSPS) is 10.3. The molecule has 0 fully saturated rings. The van der Waals surface area contributed by atoms with Crippen LogP contribution < -0.4 is 9.47 Å². The number of phenolic OH excluding ortho intramolecular Hbond substituents is 1. The summed E-state index contributed by atoms with van der Waals surface area (Å²) in [5, 5.41) is 19.7. The molecule has 3 rings (SSSR count). The number of phenols is 1. The number of aliphatic hydroxyl groups is 1. The molecule has 0 amide bonds. The molecule has 0 bridgehead atoms. The molecule has 3 aromatic rings. The molecule has 4 heteroatoms. The lowest BCUT2D eigenvalue weighted by atomic mass is 10.2. The van der Waals surface area contributed by atoms with E-state index in [-0.39, 0.29) is 18.1 Å². The largest absolute Gasteiger partial charge is 0.504 e. The van der Waals surface area contributed by atoms with Crippen molar-refractivity contribution >= 4 is 0 Å². The maximum absolute atomic E-state index is 10.2. The van der Waals surface area contributed by atoms with E-state index in [1.54, 1.807) is 30.3 Å². The minimum absolute atomic E-state index is 0.0583. The predicted molar refractivity (Wildman–Crippen MR) is 87.1 cm³/mol. The molecule has 0 aliphatic rings. The van der Waals surface area contributed by atoms with Crippen molar-refractivity contribution in [1.29, 1.82) is 0 Å². The summed E-state index contributed by atoms with van der Waals surface area (Å²) in [5.41, 5.74) is 0.526.